The normalized spacial score (nSPS) is 30.3. The Morgan fingerprint density at radius 3 is 2.67 bits per heavy atom. The fourth-order valence-corrected chi connectivity index (χ4v) is 6.66. The van der Waals surface area contributed by atoms with E-state index in [9.17, 15) is 5.11 Å². The summed E-state index contributed by atoms with van der Waals surface area (Å²) in [5.41, 5.74) is 7.18. The van der Waals surface area contributed by atoms with Gasteiger partial charge in [-0.05, 0) is 78.0 Å². The van der Waals surface area contributed by atoms with Crippen molar-refractivity contribution in [2.24, 2.45) is 11.3 Å². The van der Waals surface area contributed by atoms with E-state index in [4.69, 9.17) is 4.98 Å². The first-order chi connectivity index (χ1) is 12.8. The zero-order valence-corrected chi connectivity index (χ0v) is 18.2. The molecule has 0 aliphatic heterocycles. The third kappa shape index (κ3) is 2.98. The summed E-state index contributed by atoms with van der Waals surface area (Å²) in [5.74, 6) is 1.05. The summed E-state index contributed by atoms with van der Waals surface area (Å²) in [6.45, 7) is 11.8. The number of aryl methyl sites for hydroxylation is 2. The Morgan fingerprint density at radius 1 is 1.26 bits per heavy atom. The second-order valence-electron chi connectivity index (χ2n) is 9.68. The third-order valence-electron chi connectivity index (χ3n) is 7.53. The van der Waals surface area contributed by atoms with Gasteiger partial charge >= 0.3 is 0 Å². The molecular weight excluding hydrogens is 350 g/mol. The lowest BCUT2D eigenvalue weighted by Crippen LogP contribution is -2.50. The molecule has 146 valence electrons. The van der Waals surface area contributed by atoms with Gasteiger partial charge in [0.25, 0.3) is 0 Å². The van der Waals surface area contributed by atoms with Crippen LogP contribution in [0.4, 0.5) is 0 Å². The highest BCUT2D eigenvalue weighted by Crippen LogP contribution is 2.57. The number of benzene rings is 1. The van der Waals surface area contributed by atoms with Gasteiger partial charge < -0.3 is 5.11 Å². The zero-order valence-electron chi connectivity index (χ0n) is 17.4. The molecule has 27 heavy (non-hydrogen) atoms. The molecule has 2 nitrogen and oxygen atoms in total. The highest BCUT2D eigenvalue weighted by molar-refractivity contribution is 7.09. The molecule has 0 amide bonds. The van der Waals surface area contributed by atoms with Crippen LogP contribution < -0.4 is 0 Å². The van der Waals surface area contributed by atoms with E-state index in [1.165, 1.54) is 41.5 Å². The second-order valence-corrected chi connectivity index (χ2v) is 10.7. The van der Waals surface area contributed by atoms with Crippen LogP contribution in [0.15, 0.2) is 17.5 Å². The molecule has 1 fully saturated rings. The van der Waals surface area contributed by atoms with Crippen LogP contribution in [0, 0.1) is 18.3 Å². The van der Waals surface area contributed by atoms with Crippen molar-refractivity contribution in [2.45, 2.75) is 78.1 Å². The third-order valence-corrected chi connectivity index (χ3v) is 8.30. The quantitative estimate of drug-likeness (QED) is 0.680. The Balaban J connectivity index is 1.90. The molecule has 0 unspecified atom stereocenters. The van der Waals surface area contributed by atoms with E-state index in [1.54, 1.807) is 11.3 Å². The van der Waals surface area contributed by atoms with Gasteiger partial charge in [-0.15, -0.1) is 11.3 Å². The highest BCUT2D eigenvalue weighted by Gasteiger charge is 2.51. The maximum absolute atomic E-state index is 10.2. The maximum Gasteiger partial charge on any atom is 0.0901 e. The first-order valence-electron chi connectivity index (χ1n) is 10.5. The Morgan fingerprint density at radius 2 is 2.04 bits per heavy atom. The zero-order chi connectivity index (χ0) is 19.4. The van der Waals surface area contributed by atoms with Crippen molar-refractivity contribution in [1.29, 1.82) is 0 Å². The van der Waals surface area contributed by atoms with E-state index in [0.717, 1.165) is 23.5 Å². The minimum atomic E-state index is 0.0544. The van der Waals surface area contributed by atoms with Crippen LogP contribution in [0.5, 0.6) is 0 Å². The Labute approximate surface area is 168 Å². The Hall–Kier alpha value is -1.19. The molecule has 2 aliphatic rings. The molecule has 2 aliphatic carbocycles. The number of nitrogens with zero attached hydrogens (tertiary/aromatic N) is 1. The monoisotopic (exact) mass is 383 g/mol. The molecule has 3 heteroatoms. The van der Waals surface area contributed by atoms with E-state index in [1.807, 2.05) is 0 Å². The van der Waals surface area contributed by atoms with Gasteiger partial charge in [-0.1, -0.05) is 40.2 Å². The number of fused-ring (bicyclic) bond motifs is 3. The number of hydrogen-bond donors (Lipinski definition) is 1. The molecule has 4 rings (SSSR count). The van der Waals surface area contributed by atoms with Gasteiger partial charge in [0.05, 0.1) is 10.7 Å². The first kappa shape index (κ1) is 19.1. The topological polar surface area (TPSA) is 33.1 Å². The lowest BCUT2D eigenvalue weighted by atomic mass is 9.50. The smallest absolute Gasteiger partial charge is 0.0901 e. The molecule has 1 saturated carbocycles. The van der Waals surface area contributed by atoms with Crippen LogP contribution in [-0.4, -0.2) is 16.7 Å². The van der Waals surface area contributed by atoms with Crippen LogP contribution in [0.1, 0.15) is 81.0 Å². The largest absolute Gasteiger partial charge is 0.396 e. The molecule has 0 bridgehead atoms. The SMILES string of the molecule is Cc1nc(-c2cc3c(cc2C(C)C)CC[C@H]2[C@](C)(CO)CCC[C@]32C)cs1. The fourth-order valence-electron chi connectivity index (χ4n) is 6.04. The number of aromatic nitrogens is 1. The van der Waals surface area contributed by atoms with E-state index >= 15 is 0 Å². The number of hydrogen-bond acceptors (Lipinski definition) is 3. The maximum atomic E-state index is 10.2. The summed E-state index contributed by atoms with van der Waals surface area (Å²) in [7, 11) is 0. The minimum Gasteiger partial charge on any atom is -0.396 e. The second kappa shape index (κ2) is 6.70. The molecule has 0 spiro atoms. The molecule has 0 radical (unpaired) electrons. The predicted molar refractivity (Wildman–Crippen MR) is 115 cm³/mol. The van der Waals surface area contributed by atoms with Crippen molar-refractivity contribution >= 4 is 11.3 Å². The van der Waals surface area contributed by atoms with E-state index in [-0.39, 0.29) is 10.8 Å². The van der Waals surface area contributed by atoms with E-state index < -0.39 is 0 Å². The molecular formula is C24H33NOS. The van der Waals surface area contributed by atoms with Gasteiger partial charge in [0.15, 0.2) is 0 Å². The van der Waals surface area contributed by atoms with Gasteiger partial charge in [0.2, 0.25) is 0 Å². The highest BCUT2D eigenvalue weighted by atomic mass is 32.1. The number of thiazole rings is 1. The van der Waals surface area contributed by atoms with E-state index in [2.05, 4.69) is 52.1 Å². The summed E-state index contributed by atoms with van der Waals surface area (Å²) in [6.07, 6.45) is 5.94. The van der Waals surface area contributed by atoms with Crippen molar-refractivity contribution < 1.29 is 5.11 Å². The summed E-state index contributed by atoms with van der Waals surface area (Å²) < 4.78 is 0. The molecule has 2 aromatic rings. The molecule has 1 heterocycles. The summed E-state index contributed by atoms with van der Waals surface area (Å²) in [6, 6.07) is 4.96. The summed E-state index contributed by atoms with van der Waals surface area (Å²) in [5, 5.41) is 13.5. The summed E-state index contributed by atoms with van der Waals surface area (Å²) >= 11 is 1.74. The van der Waals surface area contributed by atoms with Crippen molar-refractivity contribution in [3.05, 3.63) is 39.2 Å². The molecule has 1 aromatic carbocycles. The van der Waals surface area contributed by atoms with Gasteiger partial charge in [0.1, 0.15) is 0 Å². The van der Waals surface area contributed by atoms with Crippen LogP contribution in [0.25, 0.3) is 11.3 Å². The summed E-state index contributed by atoms with van der Waals surface area (Å²) in [4.78, 5) is 4.82. The van der Waals surface area contributed by atoms with Crippen molar-refractivity contribution in [2.75, 3.05) is 6.61 Å². The van der Waals surface area contributed by atoms with Gasteiger partial charge in [-0.2, -0.15) is 0 Å². The van der Waals surface area contributed by atoms with Crippen LogP contribution in [-0.2, 0) is 11.8 Å². The minimum absolute atomic E-state index is 0.0544. The van der Waals surface area contributed by atoms with E-state index in [0.29, 0.717) is 18.4 Å². The molecule has 1 N–H and O–H groups in total. The average molecular weight is 384 g/mol. The van der Waals surface area contributed by atoms with Crippen LogP contribution in [0.2, 0.25) is 0 Å². The molecule has 3 atom stereocenters. The van der Waals surface area contributed by atoms with Crippen molar-refractivity contribution in [1.82, 2.24) is 4.98 Å². The average Bonchev–Trinajstić information content (AvgIpc) is 3.07. The number of rotatable bonds is 3. The number of aliphatic hydroxyl groups is 1. The standard InChI is InChI=1S/C24H33NOS/c1-15(2)18-11-17-7-8-22-23(4,14-26)9-6-10-24(22,5)20(17)12-19(18)21-13-27-16(3)25-21/h11-13,15,22,26H,6-10,14H2,1-5H3/t22-,23-,24+/m0/s1. The lowest BCUT2D eigenvalue weighted by Gasteiger charge is -2.55. The van der Waals surface area contributed by atoms with Crippen molar-refractivity contribution in [3.63, 3.8) is 0 Å². The van der Waals surface area contributed by atoms with Crippen LogP contribution in [0.3, 0.4) is 0 Å². The predicted octanol–water partition coefficient (Wildman–Crippen LogP) is 6.24. The van der Waals surface area contributed by atoms with Gasteiger partial charge in [0, 0.05) is 17.6 Å². The Bertz CT molecular complexity index is 854. The number of aliphatic hydroxyl groups excluding tert-OH is 1. The van der Waals surface area contributed by atoms with Gasteiger partial charge in [-0.25, -0.2) is 4.98 Å². The lowest BCUT2D eigenvalue weighted by molar-refractivity contribution is -0.0178. The van der Waals surface area contributed by atoms with Gasteiger partial charge in [-0.3, -0.25) is 0 Å². The Kier molecular flexibility index (Phi) is 4.75. The molecule has 1 aromatic heterocycles. The molecule has 0 saturated heterocycles. The van der Waals surface area contributed by atoms with Crippen molar-refractivity contribution in [3.8, 4) is 11.3 Å². The fraction of sp³-hybridized carbons (Fsp3) is 0.625. The first-order valence-corrected chi connectivity index (χ1v) is 11.4. The van der Waals surface area contributed by atoms with Crippen LogP contribution >= 0.6 is 11.3 Å².